The highest BCUT2D eigenvalue weighted by molar-refractivity contribution is 8.18. The number of methoxy groups -OCH3 is 1. The SMILES string of the molecule is COc1ccc(S(=O)(=O)Oc2ccc(CCOc3ccc(C=C4SC(=O)NC4=O)cc3)cc2)cc1. The van der Waals surface area contributed by atoms with Crippen LogP contribution < -0.4 is 19.0 Å². The molecule has 0 aliphatic carbocycles. The van der Waals surface area contributed by atoms with Crippen molar-refractivity contribution in [1.82, 2.24) is 5.32 Å². The summed E-state index contributed by atoms with van der Waals surface area (Å²) in [5.41, 5.74) is 1.74. The molecule has 180 valence electrons. The van der Waals surface area contributed by atoms with Crippen molar-refractivity contribution in [3.8, 4) is 17.2 Å². The lowest BCUT2D eigenvalue weighted by Crippen LogP contribution is -2.17. The van der Waals surface area contributed by atoms with Crippen molar-refractivity contribution < 1.29 is 31.7 Å². The number of amides is 2. The van der Waals surface area contributed by atoms with Crippen LogP contribution in [0.2, 0.25) is 0 Å². The number of nitrogens with one attached hydrogen (secondary N) is 1. The van der Waals surface area contributed by atoms with E-state index < -0.39 is 16.0 Å². The van der Waals surface area contributed by atoms with E-state index in [0.29, 0.717) is 29.4 Å². The molecule has 0 spiro atoms. The molecule has 0 atom stereocenters. The second-order valence-electron chi connectivity index (χ2n) is 7.38. The van der Waals surface area contributed by atoms with Gasteiger partial charge in [0.25, 0.3) is 11.1 Å². The van der Waals surface area contributed by atoms with Gasteiger partial charge in [0.15, 0.2) is 0 Å². The standard InChI is InChI=1S/C25H21NO7S2/c1-31-19-10-12-22(13-11-19)35(29,30)33-21-8-2-17(3-9-21)14-15-32-20-6-4-18(5-7-20)16-23-24(27)26-25(28)34-23/h2-13,16H,14-15H2,1H3,(H,26,27,28). The van der Waals surface area contributed by atoms with Crippen LogP contribution in [-0.4, -0.2) is 33.3 Å². The van der Waals surface area contributed by atoms with Crippen molar-refractivity contribution in [2.24, 2.45) is 0 Å². The van der Waals surface area contributed by atoms with Gasteiger partial charge in [0.1, 0.15) is 22.1 Å². The maximum absolute atomic E-state index is 12.4. The lowest BCUT2D eigenvalue weighted by molar-refractivity contribution is -0.115. The molecular weight excluding hydrogens is 490 g/mol. The minimum atomic E-state index is -3.95. The zero-order valence-corrected chi connectivity index (χ0v) is 20.2. The molecule has 3 aromatic rings. The van der Waals surface area contributed by atoms with Gasteiger partial charge in [-0.3, -0.25) is 14.9 Å². The molecule has 10 heteroatoms. The monoisotopic (exact) mass is 511 g/mol. The second-order valence-corrected chi connectivity index (χ2v) is 9.94. The fourth-order valence-electron chi connectivity index (χ4n) is 3.15. The third kappa shape index (κ3) is 6.43. The molecule has 3 aromatic carbocycles. The number of imide groups is 1. The first kappa shape index (κ1) is 24.4. The van der Waals surface area contributed by atoms with Crippen LogP contribution >= 0.6 is 11.8 Å². The predicted octanol–water partition coefficient (Wildman–Crippen LogP) is 4.41. The Kier molecular flexibility index (Phi) is 7.42. The van der Waals surface area contributed by atoms with Gasteiger partial charge in [-0.05, 0) is 77.5 Å². The minimum absolute atomic E-state index is 0.0386. The number of benzene rings is 3. The topological polar surface area (TPSA) is 108 Å². The second kappa shape index (κ2) is 10.7. The van der Waals surface area contributed by atoms with Crippen LogP contribution in [0.4, 0.5) is 4.79 Å². The fraction of sp³-hybridized carbons (Fsp3) is 0.120. The highest BCUT2D eigenvalue weighted by Crippen LogP contribution is 2.26. The van der Waals surface area contributed by atoms with E-state index in [9.17, 15) is 18.0 Å². The van der Waals surface area contributed by atoms with Crippen molar-refractivity contribution in [2.75, 3.05) is 13.7 Å². The van der Waals surface area contributed by atoms with Crippen molar-refractivity contribution >= 4 is 39.1 Å². The molecule has 0 unspecified atom stereocenters. The average molecular weight is 512 g/mol. The van der Waals surface area contributed by atoms with Crippen LogP contribution in [0.25, 0.3) is 6.08 Å². The van der Waals surface area contributed by atoms with Gasteiger partial charge in [-0.25, -0.2) is 0 Å². The van der Waals surface area contributed by atoms with Gasteiger partial charge in [0, 0.05) is 6.42 Å². The Morgan fingerprint density at radius 2 is 1.49 bits per heavy atom. The molecule has 1 aliphatic rings. The van der Waals surface area contributed by atoms with E-state index in [1.54, 1.807) is 66.7 Å². The number of ether oxygens (including phenoxy) is 2. The molecule has 0 aromatic heterocycles. The Bertz CT molecular complexity index is 1350. The molecule has 1 N–H and O–H groups in total. The minimum Gasteiger partial charge on any atom is -0.497 e. The molecular formula is C25H21NO7S2. The zero-order chi connectivity index (χ0) is 24.8. The Balaban J connectivity index is 1.28. The summed E-state index contributed by atoms with van der Waals surface area (Å²) in [5, 5.41) is 1.84. The normalized spacial score (nSPS) is 14.6. The molecule has 1 aliphatic heterocycles. The zero-order valence-electron chi connectivity index (χ0n) is 18.6. The van der Waals surface area contributed by atoms with Crippen LogP contribution in [0, 0.1) is 0 Å². The Morgan fingerprint density at radius 1 is 0.857 bits per heavy atom. The Labute approximate surface area is 207 Å². The fourth-order valence-corrected chi connectivity index (χ4v) is 4.76. The van der Waals surface area contributed by atoms with Crippen LogP contribution in [-0.2, 0) is 21.3 Å². The molecule has 0 bridgehead atoms. The summed E-state index contributed by atoms with van der Waals surface area (Å²) in [6, 6.07) is 19.9. The molecule has 2 amide bonds. The number of rotatable bonds is 9. The maximum Gasteiger partial charge on any atom is 0.339 e. The molecule has 0 radical (unpaired) electrons. The summed E-state index contributed by atoms with van der Waals surface area (Å²) >= 11 is 0.872. The first-order valence-corrected chi connectivity index (χ1v) is 12.7. The lowest BCUT2D eigenvalue weighted by atomic mass is 10.1. The van der Waals surface area contributed by atoms with Crippen molar-refractivity contribution in [3.63, 3.8) is 0 Å². The maximum atomic E-state index is 12.4. The van der Waals surface area contributed by atoms with E-state index in [1.807, 2.05) is 0 Å². The quantitative estimate of drug-likeness (QED) is 0.333. The molecule has 0 saturated carbocycles. The van der Waals surface area contributed by atoms with Crippen LogP contribution in [0.3, 0.4) is 0 Å². The first-order valence-electron chi connectivity index (χ1n) is 10.5. The number of hydrogen-bond donors (Lipinski definition) is 1. The van der Waals surface area contributed by atoms with Crippen LogP contribution in [0.5, 0.6) is 17.2 Å². The predicted molar refractivity (Wildman–Crippen MR) is 132 cm³/mol. The van der Waals surface area contributed by atoms with Gasteiger partial charge in [-0.1, -0.05) is 24.3 Å². The number of thioether (sulfide) groups is 1. The summed E-state index contributed by atoms with van der Waals surface area (Å²) in [7, 11) is -2.44. The van der Waals surface area contributed by atoms with Gasteiger partial charge >= 0.3 is 10.1 Å². The van der Waals surface area contributed by atoms with Crippen LogP contribution in [0.1, 0.15) is 11.1 Å². The molecule has 1 saturated heterocycles. The van der Waals surface area contributed by atoms with Gasteiger partial charge in [-0.2, -0.15) is 8.42 Å². The third-order valence-electron chi connectivity index (χ3n) is 4.96. The van der Waals surface area contributed by atoms with E-state index in [1.165, 1.54) is 19.2 Å². The van der Waals surface area contributed by atoms with E-state index in [-0.39, 0.29) is 15.9 Å². The van der Waals surface area contributed by atoms with E-state index >= 15 is 0 Å². The van der Waals surface area contributed by atoms with E-state index in [4.69, 9.17) is 13.7 Å². The number of carbonyl (C=O) groups excluding carboxylic acids is 2. The first-order chi connectivity index (χ1) is 16.8. The lowest BCUT2D eigenvalue weighted by Gasteiger charge is -2.09. The molecule has 35 heavy (non-hydrogen) atoms. The molecule has 1 fully saturated rings. The van der Waals surface area contributed by atoms with E-state index in [0.717, 1.165) is 22.9 Å². The van der Waals surface area contributed by atoms with Gasteiger partial charge in [0.05, 0.1) is 18.6 Å². The Morgan fingerprint density at radius 3 is 2.09 bits per heavy atom. The Hall–Kier alpha value is -3.76. The van der Waals surface area contributed by atoms with Crippen molar-refractivity contribution in [3.05, 3.63) is 88.8 Å². The summed E-state index contributed by atoms with van der Waals surface area (Å²) in [6.45, 7) is 0.414. The average Bonchev–Trinajstić information content (AvgIpc) is 3.17. The largest absolute Gasteiger partial charge is 0.497 e. The van der Waals surface area contributed by atoms with Gasteiger partial charge in [-0.15, -0.1) is 0 Å². The van der Waals surface area contributed by atoms with Gasteiger partial charge < -0.3 is 13.7 Å². The number of carbonyl (C=O) groups is 2. The third-order valence-corrected chi connectivity index (χ3v) is 7.03. The summed E-state index contributed by atoms with van der Waals surface area (Å²) in [4.78, 5) is 23.2. The van der Waals surface area contributed by atoms with Crippen molar-refractivity contribution in [2.45, 2.75) is 11.3 Å². The summed E-state index contributed by atoms with van der Waals surface area (Å²) < 4.78 is 40.9. The van der Waals surface area contributed by atoms with Crippen LogP contribution in [0.15, 0.2) is 82.6 Å². The van der Waals surface area contributed by atoms with Crippen molar-refractivity contribution in [1.29, 1.82) is 0 Å². The summed E-state index contributed by atoms with van der Waals surface area (Å²) in [5.74, 6) is 1.04. The highest BCUT2D eigenvalue weighted by atomic mass is 32.2. The highest BCUT2D eigenvalue weighted by Gasteiger charge is 2.24. The molecule has 8 nitrogen and oxygen atoms in total. The molecule has 1 heterocycles. The molecule has 4 rings (SSSR count). The summed E-state index contributed by atoms with van der Waals surface area (Å²) in [6.07, 6.45) is 2.25. The number of hydrogen-bond acceptors (Lipinski definition) is 8. The van der Waals surface area contributed by atoms with E-state index in [2.05, 4.69) is 5.32 Å². The smallest absolute Gasteiger partial charge is 0.339 e. The van der Waals surface area contributed by atoms with Gasteiger partial charge in [0.2, 0.25) is 0 Å².